The molecule has 0 radical (unpaired) electrons. The molecule has 2 rings (SSSR count). The van der Waals surface area contributed by atoms with E-state index in [-0.39, 0.29) is 22.1 Å². The minimum absolute atomic E-state index is 0.0553. The number of carbonyl (C=O) groups excluding carboxylic acids is 1. The summed E-state index contributed by atoms with van der Waals surface area (Å²) in [6.45, 7) is 2.54. The second-order valence-corrected chi connectivity index (χ2v) is 7.53. The van der Waals surface area contributed by atoms with Crippen LogP contribution in [0, 0.1) is 5.82 Å². The van der Waals surface area contributed by atoms with Gasteiger partial charge in [0.15, 0.2) is 0 Å². The van der Waals surface area contributed by atoms with Crippen LogP contribution in [0.3, 0.4) is 0 Å². The van der Waals surface area contributed by atoms with Crippen LogP contribution in [0.5, 0.6) is 0 Å². The first kappa shape index (κ1) is 18.9. The monoisotopic (exact) mass is 364 g/mol. The van der Waals surface area contributed by atoms with Crippen molar-refractivity contribution in [2.75, 3.05) is 17.9 Å². The maximum atomic E-state index is 13.9. The molecule has 0 saturated carbocycles. The summed E-state index contributed by atoms with van der Waals surface area (Å²) in [4.78, 5) is 12.0. The van der Waals surface area contributed by atoms with E-state index in [0.29, 0.717) is 6.54 Å². The van der Waals surface area contributed by atoms with Crippen molar-refractivity contribution in [1.82, 2.24) is 5.32 Å². The van der Waals surface area contributed by atoms with E-state index in [0.717, 1.165) is 17.1 Å². The molecule has 0 aliphatic heterocycles. The molecule has 0 fully saturated rings. The first-order valence-corrected chi connectivity index (χ1v) is 9.43. The number of carbonyl (C=O) groups is 1. The predicted molar refractivity (Wildman–Crippen MR) is 95.7 cm³/mol. The average Bonchev–Trinajstić information content (AvgIpc) is 2.61. The van der Waals surface area contributed by atoms with Gasteiger partial charge in [0, 0.05) is 19.2 Å². The van der Waals surface area contributed by atoms with Crippen LogP contribution in [-0.2, 0) is 10.0 Å². The smallest absolute Gasteiger partial charge is 0.264 e. The van der Waals surface area contributed by atoms with Crippen molar-refractivity contribution < 1.29 is 17.6 Å². The summed E-state index contributed by atoms with van der Waals surface area (Å²) in [5, 5.41) is 2.74. The van der Waals surface area contributed by atoms with Gasteiger partial charge in [-0.25, -0.2) is 12.8 Å². The Hall–Kier alpha value is -2.41. The number of amides is 1. The van der Waals surface area contributed by atoms with Crippen molar-refractivity contribution in [2.45, 2.75) is 24.7 Å². The van der Waals surface area contributed by atoms with Gasteiger partial charge in [-0.3, -0.25) is 9.10 Å². The van der Waals surface area contributed by atoms with Gasteiger partial charge < -0.3 is 5.32 Å². The largest absolute Gasteiger partial charge is 0.352 e. The predicted octanol–water partition coefficient (Wildman–Crippen LogP) is 3.18. The fourth-order valence-electron chi connectivity index (χ4n) is 2.27. The molecule has 1 amide bonds. The highest BCUT2D eigenvalue weighted by molar-refractivity contribution is 7.92. The minimum atomic E-state index is -3.98. The Bertz CT molecular complexity index is 853. The van der Waals surface area contributed by atoms with E-state index >= 15 is 0 Å². The molecule has 0 aliphatic rings. The van der Waals surface area contributed by atoms with Gasteiger partial charge >= 0.3 is 0 Å². The highest BCUT2D eigenvalue weighted by Crippen LogP contribution is 2.24. The van der Waals surface area contributed by atoms with Gasteiger partial charge in [-0.1, -0.05) is 31.5 Å². The van der Waals surface area contributed by atoms with Crippen molar-refractivity contribution in [3.8, 4) is 0 Å². The molecule has 0 saturated heterocycles. The Balaban J connectivity index is 2.29. The van der Waals surface area contributed by atoms with Crippen LogP contribution >= 0.6 is 0 Å². The van der Waals surface area contributed by atoms with E-state index in [1.54, 1.807) is 12.1 Å². The summed E-state index contributed by atoms with van der Waals surface area (Å²) < 4.78 is 40.3. The highest BCUT2D eigenvalue weighted by atomic mass is 32.2. The Morgan fingerprint density at radius 2 is 1.88 bits per heavy atom. The lowest BCUT2D eigenvalue weighted by atomic mass is 10.2. The number of rotatable bonds is 7. The zero-order valence-electron chi connectivity index (χ0n) is 14.2. The van der Waals surface area contributed by atoms with E-state index in [2.05, 4.69) is 5.32 Å². The fraction of sp³-hybridized carbons (Fsp3) is 0.278. The van der Waals surface area contributed by atoms with Crippen molar-refractivity contribution in [3.63, 3.8) is 0 Å². The molecule has 0 aliphatic carbocycles. The Morgan fingerprint density at radius 3 is 2.56 bits per heavy atom. The molecule has 0 spiro atoms. The van der Waals surface area contributed by atoms with Gasteiger partial charge in [-0.15, -0.1) is 0 Å². The van der Waals surface area contributed by atoms with Crippen LogP contribution in [0.25, 0.3) is 0 Å². The lowest BCUT2D eigenvalue weighted by Gasteiger charge is -2.20. The molecule has 7 heteroatoms. The van der Waals surface area contributed by atoms with Crippen LogP contribution < -0.4 is 9.62 Å². The molecule has 0 bridgehead atoms. The zero-order chi connectivity index (χ0) is 18.4. The number of nitrogens with zero attached hydrogens (tertiary/aromatic N) is 1. The first-order chi connectivity index (χ1) is 11.9. The van der Waals surface area contributed by atoms with Crippen molar-refractivity contribution in [1.29, 1.82) is 0 Å². The molecular weight excluding hydrogens is 343 g/mol. The number of nitrogens with one attached hydrogen (secondary N) is 1. The number of benzene rings is 2. The summed E-state index contributed by atoms with van der Waals surface area (Å²) in [5.74, 6) is -0.971. The molecule has 134 valence electrons. The summed E-state index contributed by atoms with van der Waals surface area (Å²) >= 11 is 0. The second kappa shape index (κ2) is 8.11. The Kier molecular flexibility index (Phi) is 6.14. The second-order valence-electron chi connectivity index (χ2n) is 5.56. The van der Waals surface area contributed by atoms with Gasteiger partial charge in [0.2, 0.25) is 0 Å². The van der Waals surface area contributed by atoms with Crippen LogP contribution in [0.2, 0.25) is 0 Å². The van der Waals surface area contributed by atoms with E-state index in [4.69, 9.17) is 0 Å². The number of para-hydroxylation sites is 1. The minimum Gasteiger partial charge on any atom is -0.352 e. The SMILES string of the molecule is CCCCNC(=O)c1cccc(S(=O)(=O)N(C)c2ccccc2F)c1. The first-order valence-electron chi connectivity index (χ1n) is 7.99. The van der Waals surface area contributed by atoms with Crippen molar-refractivity contribution in [3.05, 3.63) is 59.9 Å². The summed E-state index contributed by atoms with van der Waals surface area (Å²) in [6, 6.07) is 11.3. The quantitative estimate of drug-likeness (QED) is 0.768. The normalized spacial score (nSPS) is 11.2. The number of anilines is 1. The fourth-order valence-corrected chi connectivity index (χ4v) is 3.52. The third kappa shape index (κ3) is 4.36. The van der Waals surface area contributed by atoms with Crippen LogP contribution in [0.4, 0.5) is 10.1 Å². The maximum absolute atomic E-state index is 13.9. The van der Waals surface area contributed by atoms with Crippen LogP contribution in [0.1, 0.15) is 30.1 Å². The summed E-state index contributed by atoms with van der Waals surface area (Å²) in [5.41, 5.74) is 0.194. The number of sulfonamides is 1. The van der Waals surface area contributed by atoms with E-state index in [1.807, 2.05) is 6.92 Å². The van der Waals surface area contributed by atoms with Crippen molar-refractivity contribution >= 4 is 21.6 Å². The molecule has 2 aromatic rings. The van der Waals surface area contributed by atoms with E-state index in [1.165, 1.54) is 43.4 Å². The van der Waals surface area contributed by atoms with Crippen LogP contribution in [0.15, 0.2) is 53.4 Å². The lowest BCUT2D eigenvalue weighted by Crippen LogP contribution is -2.28. The highest BCUT2D eigenvalue weighted by Gasteiger charge is 2.24. The van der Waals surface area contributed by atoms with Crippen LogP contribution in [-0.4, -0.2) is 27.9 Å². The van der Waals surface area contributed by atoms with Crippen molar-refractivity contribution in [2.24, 2.45) is 0 Å². The molecule has 0 unspecified atom stereocenters. The van der Waals surface area contributed by atoms with Gasteiger partial charge in [0.1, 0.15) is 5.82 Å². The third-order valence-corrected chi connectivity index (χ3v) is 5.53. The standard InChI is InChI=1S/C18H21FN2O3S/c1-3-4-12-20-18(22)14-8-7-9-15(13-14)25(23,24)21(2)17-11-6-5-10-16(17)19/h5-11,13H,3-4,12H2,1-2H3,(H,20,22). The number of hydrogen-bond donors (Lipinski definition) is 1. The summed E-state index contributed by atoms with van der Waals surface area (Å²) in [7, 11) is -2.70. The van der Waals surface area contributed by atoms with E-state index < -0.39 is 15.8 Å². The zero-order valence-corrected chi connectivity index (χ0v) is 15.0. The molecule has 1 N–H and O–H groups in total. The lowest BCUT2D eigenvalue weighted by molar-refractivity contribution is 0.0953. The molecule has 0 aromatic heterocycles. The number of hydrogen-bond acceptors (Lipinski definition) is 3. The average molecular weight is 364 g/mol. The molecule has 0 heterocycles. The molecule has 2 aromatic carbocycles. The van der Waals surface area contributed by atoms with Gasteiger partial charge in [-0.05, 0) is 36.8 Å². The molecule has 0 atom stereocenters. The summed E-state index contributed by atoms with van der Waals surface area (Å²) in [6.07, 6.45) is 1.79. The topological polar surface area (TPSA) is 66.5 Å². The third-order valence-electron chi connectivity index (χ3n) is 3.76. The van der Waals surface area contributed by atoms with Gasteiger partial charge in [0.05, 0.1) is 10.6 Å². The van der Waals surface area contributed by atoms with Gasteiger partial charge in [0.25, 0.3) is 15.9 Å². The van der Waals surface area contributed by atoms with Gasteiger partial charge in [-0.2, -0.15) is 0 Å². The maximum Gasteiger partial charge on any atom is 0.264 e. The molecular formula is C18H21FN2O3S. The molecule has 25 heavy (non-hydrogen) atoms. The van der Waals surface area contributed by atoms with E-state index in [9.17, 15) is 17.6 Å². The Morgan fingerprint density at radius 1 is 1.16 bits per heavy atom. The number of unbranched alkanes of at least 4 members (excludes halogenated alkanes) is 1. The Labute approximate surface area is 147 Å². The number of halogens is 1. The molecule has 5 nitrogen and oxygen atoms in total.